The van der Waals surface area contributed by atoms with Crippen molar-refractivity contribution < 1.29 is 0 Å². The van der Waals surface area contributed by atoms with Crippen molar-refractivity contribution in [2.75, 3.05) is 13.1 Å². The van der Waals surface area contributed by atoms with E-state index in [4.69, 9.17) is 0 Å². The summed E-state index contributed by atoms with van der Waals surface area (Å²) in [4.78, 5) is 0. The zero-order chi connectivity index (χ0) is 12.8. The Morgan fingerprint density at radius 1 is 1.11 bits per heavy atom. The fourth-order valence-electron chi connectivity index (χ4n) is 3.48. The summed E-state index contributed by atoms with van der Waals surface area (Å²) in [6, 6.07) is 9.50. The van der Waals surface area contributed by atoms with Gasteiger partial charge in [0.05, 0.1) is 0 Å². The van der Waals surface area contributed by atoms with E-state index in [1.54, 1.807) is 11.1 Å². The number of benzene rings is 1. The van der Waals surface area contributed by atoms with Crippen molar-refractivity contribution in [2.45, 2.75) is 45.4 Å². The molecular weight excluding hydrogens is 218 g/mol. The first-order chi connectivity index (χ1) is 8.64. The lowest BCUT2D eigenvalue weighted by molar-refractivity contribution is 0.525. The van der Waals surface area contributed by atoms with Crippen LogP contribution in [0.5, 0.6) is 0 Å². The highest BCUT2D eigenvalue weighted by atomic mass is 14.9. The van der Waals surface area contributed by atoms with E-state index in [1.165, 1.54) is 19.4 Å². The first kappa shape index (κ1) is 12.2. The van der Waals surface area contributed by atoms with Crippen LogP contribution in [0.4, 0.5) is 0 Å². The molecule has 0 radical (unpaired) electrons. The SMILES string of the molecule is CCNCC1C(c2ccc(C3CC3)cc2)C1(C)C. The van der Waals surface area contributed by atoms with Crippen LogP contribution in [0.2, 0.25) is 0 Å². The van der Waals surface area contributed by atoms with Gasteiger partial charge in [0.15, 0.2) is 0 Å². The zero-order valence-electron chi connectivity index (χ0n) is 11.9. The van der Waals surface area contributed by atoms with Gasteiger partial charge in [0.25, 0.3) is 0 Å². The fourth-order valence-corrected chi connectivity index (χ4v) is 3.48. The van der Waals surface area contributed by atoms with Gasteiger partial charge in [0.1, 0.15) is 0 Å². The predicted octanol–water partition coefficient (Wildman–Crippen LogP) is 3.91. The van der Waals surface area contributed by atoms with Crippen LogP contribution in [0.1, 0.15) is 56.6 Å². The monoisotopic (exact) mass is 243 g/mol. The maximum Gasteiger partial charge on any atom is -0.000924 e. The zero-order valence-corrected chi connectivity index (χ0v) is 11.9. The molecule has 2 saturated carbocycles. The van der Waals surface area contributed by atoms with Crippen LogP contribution < -0.4 is 5.32 Å². The molecule has 98 valence electrons. The number of rotatable bonds is 5. The molecule has 1 aromatic carbocycles. The van der Waals surface area contributed by atoms with Gasteiger partial charge in [-0.2, -0.15) is 0 Å². The van der Waals surface area contributed by atoms with Gasteiger partial charge < -0.3 is 5.32 Å². The van der Waals surface area contributed by atoms with Gasteiger partial charge in [-0.05, 0) is 60.2 Å². The summed E-state index contributed by atoms with van der Waals surface area (Å²) < 4.78 is 0. The van der Waals surface area contributed by atoms with E-state index in [0.717, 1.165) is 24.3 Å². The van der Waals surface area contributed by atoms with E-state index in [2.05, 4.69) is 50.4 Å². The fraction of sp³-hybridized carbons (Fsp3) is 0.647. The van der Waals surface area contributed by atoms with Crippen molar-refractivity contribution in [3.05, 3.63) is 35.4 Å². The van der Waals surface area contributed by atoms with Crippen molar-refractivity contribution in [1.29, 1.82) is 0 Å². The molecule has 2 fully saturated rings. The molecule has 0 aromatic heterocycles. The Hall–Kier alpha value is -0.820. The molecule has 0 spiro atoms. The first-order valence-electron chi connectivity index (χ1n) is 7.45. The van der Waals surface area contributed by atoms with Crippen molar-refractivity contribution >= 4 is 0 Å². The number of hydrogen-bond acceptors (Lipinski definition) is 1. The lowest BCUT2D eigenvalue weighted by Gasteiger charge is -2.04. The van der Waals surface area contributed by atoms with Crippen LogP contribution in [0.15, 0.2) is 24.3 Å². The minimum absolute atomic E-state index is 0.475. The topological polar surface area (TPSA) is 12.0 Å². The van der Waals surface area contributed by atoms with Gasteiger partial charge in [-0.1, -0.05) is 45.0 Å². The van der Waals surface area contributed by atoms with Crippen molar-refractivity contribution in [3.63, 3.8) is 0 Å². The van der Waals surface area contributed by atoms with Crippen molar-refractivity contribution in [1.82, 2.24) is 5.32 Å². The van der Waals surface area contributed by atoms with Crippen molar-refractivity contribution in [3.8, 4) is 0 Å². The van der Waals surface area contributed by atoms with E-state index in [0.29, 0.717) is 5.41 Å². The van der Waals surface area contributed by atoms with Gasteiger partial charge >= 0.3 is 0 Å². The molecule has 1 heteroatoms. The number of nitrogens with one attached hydrogen (secondary N) is 1. The van der Waals surface area contributed by atoms with Gasteiger partial charge in [-0.15, -0.1) is 0 Å². The standard InChI is InChI=1S/C17H25N/c1-4-18-11-15-16(17(15,2)3)14-9-7-13(8-10-14)12-5-6-12/h7-10,12,15-16,18H,4-6,11H2,1-3H3. The summed E-state index contributed by atoms with van der Waals surface area (Å²) >= 11 is 0. The lowest BCUT2D eigenvalue weighted by Crippen LogP contribution is -2.17. The quantitative estimate of drug-likeness (QED) is 0.826. The molecule has 3 rings (SSSR count). The molecule has 0 bridgehead atoms. The smallest absolute Gasteiger partial charge is 0.000924 e. The van der Waals surface area contributed by atoms with E-state index < -0.39 is 0 Å². The van der Waals surface area contributed by atoms with Gasteiger partial charge in [0.2, 0.25) is 0 Å². The van der Waals surface area contributed by atoms with E-state index >= 15 is 0 Å². The number of hydrogen-bond donors (Lipinski definition) is 1. The summed E-state index contributed by atoms with van der Waals surface area (Å²) in [7, 11) is 0. The molecule has 2 atom stereocenters. The summed E-state index contributed by atoms with van der Waals surface area (Å²) in [6.45, 7) is 9.26. The van der Waals surface area contributed by atoms with Crippen LogP contribution in [0, 0.1) is 11.3 Å². The Bertz CT molecular complexity index is 414. The molecule has 1 N–H and O–H groups in total. The van der Waals surface area contributed by atoms with Gasteiger partial charge in [0, 0.05) is 0 Å². The highest BCUT2D eigenvalue weighted by molar-refractivity contribution is 5.36. The Morgan fingerprint density at radius 3 is 2.28 bits per heavy atom. The van der Waals surface area contributed by atoms with Crippen LogP contribution in [-0.4, -0.2) is 13.1 Å². The summed E-state index contributed by atoms with van der Waals surface area (Å²) in [5.41, 5.74) is 3.58. The van der Waals surface area contributed by atoms with E-state index in [1.807, 2.05) is 0 Å². The summed E-state index contributed by atoms with van der Waals surface area (Å²) in [5, 5.41) is 3.51. The van der Waals surface area contributed by atoms with Crippen molar-refractivity contribution in [2.24, 2.45) is 11.3 Å². The highest BCUT2D eigenvalue weighted by Crippen LogP contribution is 2.64. The Kier molecular flexibility index (Phi) is 2.97. The third kappa shape index (κ3) is 2.09. The highest BCUT2D eigenvalue weighted by Gasteiger charge is 2.57. The van der Waals surface area contributed by atoms with Crippen LogP contribution in [-0.2, 0) is 0 Å². The molecule has 2 aliphatic rings. The van der Waals surface area contributed by atoms with Crippen LogP contribution >= 0.6 is 0 Å². The molecule has 2 unspecified atom stereocenters. The molecule has 2 aliphatic carbocycles. The second kappa shape index (κ2) is 4.38. The molecule has 18 heavy (non-hydrogen) atoms. The van der Waals surface area contributed by atoms with Gasteiger partial charge in [-0.25, -0.2) is 0 Å². The normalized spacial score (nSPS) is 29.3. The maximum absolute atomic E-state index is 3.51. The Morgan fingerprint density at radius 2 is 1.72 bits per heavy atom. The Labute approximate surface area is 111 Å². The minimum atomic E-state index is 0.475. The minimum Gasteiger partial charge on any atom is -0.317 e. The molecule has 1 aromatic rings. The second-order valence-corrected chi connectivity index (χ2v) is 6.65. The molecule has 0 amide bonds. The second-order valence-electron chi connectivity index (χ2n) is 6.65. The maximum atomic E-state index is 3.51. The van der Waals surface area contributed by atoms with Crippen LogP contribution in [0.25, 0.3) is 0 Å². The third-order valence-electron chi connectivity index (χ3n) is 5.01. The summed E-state index contributed by atoms with van der Waals surface area (Å²) in [5.74, 6) is 2.44. The molecular formula is C17H25N. The molecule has 0 heterocycles. The lowest BCUT2D eigenvalue weighted by atomic mass is 10.0. The van der Waals surface area contributed by atoms with Gasteiger partial charge in [-0.3, -0.25) is 0 Å². The van der Waals surface area contributed by atoms with E-state index in [9.17, 15) is 0 Å². The summed E-state index contributed by atoms with van der Waals surface area (Å²) in [6.07, 6.45) is 2.80. The molecule has 1 nitrogen and oxygen atoms in total. The first-order valence-corrected chi connectivity index (χ1v) is 7.45. The average Bonchev–Trinajstić information content (AvgIpc) is 3.24. The van der Waals surface area contributed by atoms with Crippen LogP contribution in [0.3, 0.4) is 0 Å². The Balaban J connectivity index is 1.70. The largest absolute Gasteiger partial charge is 0.317 e. The molecule has 0 saturated heterocycles. The van der Waals surface area contributed by atoms with E-state index in [-0.39, 0.29) is 0 Å². The average molecular weight is 243 g/mol. The third-order valence-corrected chi connectivity index (χ3v) is 5.01. The predicted molar refractivity (Wildman–Crippen MR) is 77.0 cm³/mol. The molecule has 0 aliphatic heterocycles.